The standard InChI is InChI=1S/C57H57NO/c1-8-41-53(37-18-11-9-12-19-37)35(2)30-51(58-54(41)38-20-13-10-14-21-38)45-25-17-24-44-43-27-26-40(32-52(43)59-55(44)45)46-31-39-22-15-16-23-42(39)48-34-50-49(33-47(48)36(46)3)56(4,5)28-29-57(50,6)7/h9-27,32-34,36,41,46,54H,8,28-31H2,1-7H3. The average Bonchev–Trinajstić information content (AvgIpc) is 3.49. The Balaban J connectivity index is 1.10. The number of rotatable bonds is 5. The summed E-state index contributed by atoms with van der Waals surface area (Å²) in [5, 5.41) is 2.33. The molecule has 0 radical (unpaired) electrons. The highest BCUT2D eigenvalue weighted by Crippen LogP contribution is 2.53. The number of hydrogen-bond donors (Lipinski definition) is 0. The SMILES string of the molecule is CCC1C(c2ccccc2)=C(C)CC(c2cccc3c2oc2cc(C4Cc5ccccc5-c5cc6c(cc5C4C)C(C)(C)CCC6(C)C)ccc23)=NC1c1ccccc1. The minimum absolute atomic E-state index is 0.000160. The number of hydrogen-bond acceptors (Lipinski definition) is 2. The molecule has 2 heterocycles. The molecule has 1 aromatic heterocycles. The molecule has 3 aliphatic rings. The molecule has 0 saturated heterocycles. The summed E-state index contributed by atoms with van der Waals surface area (Å²) >= 11 is 0. The highest BCUT2D eigenvalue weighted by Gasteiger charge is 2.40. The summed E-state index contributed by atoms with van der Waals surface area (Å²) < 4.78 is 7.08. The van der Waals surface area contributed by atoms with Gasteiger partial charge in [-0.3, -0.25) is 4.99 Å². The van der Waals surface area contributed by atoms with Gasteiger partial charge in [0, 0.05) is 28.7 Å². The predicted octanol–water partition coefficient (Wildman–Crippen LogP) is 15.5. The molecule has 0 amide bonds. The van der Waals surface area contributed by atoms with Gasteiger partial charge in [0.25, 0.3) is 0 Å². The van der Waals surface area contributed by atoms with Crippen molar-refractivity contribution in [2.75, 3.05) is 0 Å². The molecule has 4 atom stereocenters. The molecular formula is C57H57NO. The van der Waals surface area contributed by atoms with Crippen molar-refractivity contribution >= 4 is 33.2 Å². The maximum atomic E-state index is 7.08. The minimum atomic E-state index is -0.000160. The third kappa shape index (κ3) is 6.33. The quantitative estimate of drug-likeness (QED) is 0.171. The molecule has 296 valence electrons. The van der Waals surface area contributed by atoms with Crippen LogP contribution in [0.2, 0.25) is 0 Å². The molecule has 7 aromatic rings. The van der Waals surface area contributed by atoms with Gasteiger partial charge in [-0.15, -0.1) is 0 Å². The zero-order valence-corrected chi connectivity index (χ0v) is 35.9. The summed E-state index contributed by atoms with van der Waals surface area (Å²) in [6, 6.07) is 50.1. The second-order valence-corrected chi connectivity index (χ2v) is 19.2. The summed E-state index contributed by atoms with van der Waals surface area (Å²) in [6.07, 6.45) is 5.21. The van der Waals surface area contributed by atoms with Gasteiger partial charge in [-0.2, -0.15) is 0 Å². The first kappa shape index (κ1) is 37.8. The zero-order valence-electron chi connectivity index (χ0n) is 35.9. The van der Waals surface area contributed by atoms with Crippen LogP contribution < -0.4 is 0 Å². The third-order valence-electron chi connectivity index (χ3n) is 14.7. The van der Waals surface area contributed by atoms with Gasteiger partial charge in [-0.25, -0.2) is 0 Å². The molecule has 59 heavy (non-hydrogen) atoms. The predicted molar refractivity (Wildman–Crippen MR) is 249 cm³/mol. The van der Waals surface area contributed by atoms with E-state index < -0.39 is 0 Å². The second-order valence-electron chi connectivity index (χ2n) is 19.2. The average molecular weight is 772 g/mol. The third-order valence-corrected chi connectivity index (χ3v) is 14.7. The lowest BCUT2D eigenvalue weighted by Gasteiger charge is -2.43. The van der Waals surface area contributed by atoms with Gasteiger partial charge in [0.2, 0.25) is 0 Å². The smallest absolute Gasteiger partial charge is 0.144 e. The van der Waals surface area contributed by atoms with Crippen LogP contribution in [0.5, 0.6) is 0 Å². The normalized spacial score (nSPS) is 22.3. The fraction of sp³-hybridized carbons (Fsp3) is 0.316. The van der Waals surface area contributed by atoms with Crippen LogP contribution in [0.3, 0.4) is 0 Å². The zero-order chi connectivity index (χ0) is 40.6. The summed E-state index contributed by atoms with van der Waals surface area (Å²) in [4.78, 5) is 5.73. The maximum absolute atomic E-state index is 7.08. The lowest BCUT2D eigenvalue weighted by molar-refractivity contribution is 0.331. The van der Waals surface area contributed by atoms with Crippen LogP contribution in [0, 0.1) is 5.92 Å². The summed E-state index contributed by atoms with van der Waals surface area (Å²) in [7, 11) is 0. The van der Waals surface area contributed by atoms with Crippen molar-refractivity contribution in [1.29, 1.82) is 0 Å². The number of benzene rings is 6. The van der Waals surface area contributed by atoms with E-state index in [2.05, 4.69) is 182 Å². The van der Waals surface area contributed by atoms with Crippen LogP contribution >= 0.6 is 0 Å². The van der Waals surface area contributed by atoms with Crippen molar-refractivity contribution in [3.05, 3.63) is 184 Å². The second kappa shape index (κ2) is 14.4. The first-order chi connectivity index (χ1) is 28.5. The van der Waals surface area contributed by atoms with Gasteiger partial charge in [-0.05, 0) is 123 Å². The monoisotopic (exact) mass is 771 g/mol. The molecule has 0 N–H and O–H groups in total. The molecular weight excluding hydrogens is 715 g/mol. The van der Waals surface area contributed by atoms with Crippen molar-refractivity contribution in [3.63, 3.8) is 0 Å². The number of allylic oxidation sites excluding steroid dienone is 1. The van der Waals surface area contributed by atoms with Crippen LogP contribution in [-0.2, 0) is 17.3 Å². The van der Waals surface area contributed by atoms with Gasteiger partial charge in [0.1, 0.15) is 11.2 Å². The van der Waals surface area contributed by atoms with Crippen LogP contribution in [0.1, 0.15) is 137 Å². The number of aliphatic imine (C=N–C) groups is 1. The minimum Gasteiger partial charge on any atom is -0.455 e. The van der Waals surface area contributed by atoms with Crippen molar-refractivity contribution in [2.45, 2.75) is 109 Å². The van der Waals surface area contributed by atoms with Gasteiger partial charge in [-0.1, -0.05) is 168 Å². The lowest BCUT2D eigenvalue weighted by Crippen LogP contribution is -2.34. The topological polar surface area (TPSA) is 25.5 Å². The molecule has 0 spiro atoms. The van der Waals surface area contributed by atoms with Crippen molar-refractivity contribution in [2.24, 2.45) is 10.9 Å². The number of furan rings is 1. The van der Waals surface area contributed by atoms with Crippen molar-refractivity contribution in [3.8, 4) is 11.1 Å². The molecule has 2 heteroatoms. The van der Waals surface area contributed by atoms with Gasteiger partial charge in [0.15, 0.2) is 0 Å². The lowest BCUT2D eigenvalue weighted by atomic mass is 9.62. The number of fused-ring (bicyclic) bond motifs is 7. The van der Waals surface area contributed by atoms with E-state index in [-0.39, 0.29) is 22.8 Å². The fourth-order valence-electron chi connectivity index (χ4n) is 11.3. The van der Waals surface area contributed by atoms with E-state index in [0.717, 1.165) is 47.1 Å². The Kier molecular flexibility index (Phi) is 9.20. The number of para-hydroxylation sites is 1. The molecule has 0 bridgehead atoms. The van der Waals surface area contributed by atoms with E-state index in [1.54, 1.807) is 5.56 Å². The van der Waals surface area contributed by atoms with Gasteiger partial charge >= 0.3 is 0 Å². The molecule has 2 nitrogen and oxygen atoms in total. The van der Waals surface area contributed by atoms with Crippen LogP contribution in [-0.4, -0.2) is 5.71 Å². The molecule has 1 aliphatic heterocycles. The van der Waals surface area contributed by atoms with Crippen LogP contribution in [0.25, 0.3) is 38.6 Å². The molecule has 0 fully saturated rings. The Morgan fingerprint density at radius 1 is 0.661 bits per heavy atom. The molecule has 4 unspecified atom stereocenters. The highest BCUT2D eigenvalue weighted by atomic mass is 16.3. The first-order valence-corrected chi connectivity index (χ1v) is 22.1. The van der Waals surface area contributed by atoms with Crippen LogP contribution in [0.15, 0.2) is 148 Å². The van der Waals surface area contributed by atoms with Crippen LogP contribution in [0.4, 0.5) is 0 Å². The van der Waals surface area contributed by atoms with Gasteiger partial charge in [0.05, 0.1) is 11.8 Å². The number of nitrogens with zero attached hydrogens (tertiary/aromatic N) is 1. The molecule has 10 rings (SSSR count). The maximum Gasteiger partial charge on any atom is 0.144 e. The molecule has 6 aromatic carbocycles. The molecule has 0 saturated carbocycles. The Morgan fingerprint density at radius 3 is 2.08 bits per heavy atom. The van der Waals surface area contributed by atoms with E-state index in [1.807, 2.05) is 0 Å². The highest BCUT2D eigenvalue weighted by molar-refractivity contribution is 6.16. The Bertz CT molecular complexity index is 2800. The Labute approximate surface area is 351 Å². The first-order valence-electron chi connectivity index (χ1n) is 22.1. The van der Waals surface area contributed by atoms with E-state index in [0.29, 0.717) is 11.8 Å². The van der Waals surface area contributed by atoms with E-state index in [9.17, 15) is 0 Å². The summed E-state index contributed by atoms with van der Waals surface area (Å²) in [5.41, 5.74) is 20.0. The summed E-state index contributed by atoms with van der Waals surface area (Å²) in [5.74, 6) is 0.895. The van der Waals surface area contributed by atoms with E-state index in [1.165, 1.54) is 73.9 Å². The Morgan fingerprint density at radius 2 is 1.34 bits per heavy atom. The van der Waals surface area contributed by atoms with Crippen molar-refractivity contribution in [1.82, 2.24) is 0 Å². The summed E-state index contributed by atoms with van der Waals surface area (Å²) in [6.45, 7) is 16.9. The molecule has 2 aliphatic carbocycles. The van der Waals surface area contributed by atoms with E-state index in [4.69, 9.17) is 9.41 Å². The van der Waals surface area contributed by atoms with Gasteiger partial charge < -0.3 is 4.42 Å². The van der Waals surface area contributed by atoms with E-state index >= 15 is 0 Å². The largest absolute Gasteiger partial charge is 0.455 e. The Hall–Kier alpha value is -5.47. The fourth-order valence-corrected chi connectivity index (χ4v) is 11.3. The van der Waals surface area contributed by atoms with Crippen molar-refractivity contribution < 1.29 is 4.42 Å².